The van der Waals surface area contributed by atoms with Crippen LogP contribution in [0.15, 0.2) is 34.4 Å². The van der Waals surface area contributed by atoms with Gasteiger partial charge in [-0.15, -0.1) is 0 Å². The van der Waals surface area contributed by atoms with Crippen molar-refractivity contribution in [3.05, 3.63) is 35.1 Å². The Balaban J connectivity index is 1.77. The van der Waals surface area contributed by atoms with Gasteiger partial charge in [-0.3, -0.25) is 9.36 Å². The number of aliphatic hydroxyl groups excluding tert-OH is 3. The third-order valence-electron chi connectivity index (χ3n) is 4.73. The van der Waals surface area contributed by atoms with Gasteiger partial charge in [-0.25, -0.2) is 9.97 Å². The van der Waals surface area contributed by atoms with Crippen LogP contribution in [0.3, 0.4) is 0 Å². The molecule has 0 amide bonds. The van der Waals surface area contributed by atoms with Gasteiger partial charge in [0.1, 0.15) is 28.9 Å². The van der Waals surface area contributed by atoms with E-state index in [1.54, 1.807) is 18.2 Å². The molecule has 1 saturated heterocycles. The van der Waals surface area contributed by atoms with E-state index >= 15 is 0 Å². The molecule has 4 rings (SSSR count). The topological polar surface area (TPSA) is 157 Å². The number of halogens is 1. The van der Waals surface area contributed by atoms with Crippen LogP contribution in [0.5, 0.6) is 0 Å². The minimum Gasteiger partial charge on any atom is -0.394 e. The number of Topliss-reactive ketones (excluding diaryl/α,β-unsaturated/α-hetero) is 1. The molecular formula is C18H18ClN5O5S. The molecule has 30 heavy (non-hydrogen) atoms. The van der Waals surface area contributed by atoms with Crippen LogP contribution in [0, 0.1) is 0 Å². The van der Waals surface area contributed by atoms with E-state index < -0.39 is 31.1 Å². The number of nitrogens with two attached hydrogens (primary N) is 1. The van der Waals surface area contributed by atoms with Gasteiger partial charge in [-0.1, -0.05) is 23.4 Å². The molecule has 0 saturated carbocycles. The second kappa shape index (κ2) is 8.10. The van der Waals surface area contributed by atoms with Crippen LogP contribution in [0.2, 0.25) is 5.02 Å². The lowest BCUT2D eigenvalue weighted by atomic mass is 10.1. The number of aromatic nitrogens is 4. The maximum Gasteiger partial charge on any atom is 0.223 e. The monoisotopic (exact) mass is 451 g/mol. The number of nitrogens with zero attached hydrogens (tertiary/aromatic N) is 4. The molecule has 1 fully saturated rings. The first-order valence-electron chi connectivity index (χ1n) is 8.91. The van der Waals surface area contributed by atoms with Crippen LogP contribution in [0.4, 0.5) is 5.95 Å². The van der Waals surface area contributed by atoms with Crippen molar-refractivity contribution in [3.63, 3.8) is 0 Å². The van der Waals surface area contributed by atoms with Gasteiger partial charge in [0.25, 0.3) is 0 Å². The van der Waals surface area contributed by atoms with Crippen LogP contribution in [0.1, 0.15) is 23.5 Å². The second-order valence-corrected chi connectivity index (χ2v) is 8.21. The number of aliphatic hydroxyl groups is 3. The molecule has 1 aliphatic heterocycles. The van der Waals surface area contributed by atoms with Crippen LogP contribution >= 0.6 is 23.4 Å². The molecule has 0 aliphatic carbocycles. The summed E-state index contributed by atoms with van der Waals surface area (Å²) in [4.78, 5) is 25.4. The van der Waals surface area contributed by atoms with Crippen molar-refractivity contribution in [3.8, 4) is 0 Å². The highest BCUT2D eigenvalue weighted by atomic mass is 35.5. The van der Waals surface area contributed by atoms with Crippen molar-refractivity contribution in [1.82, 2.24) is 19.5 Å². The van der Waals surface area contributed by atoms with Gasteiger partial charge in [0.2, 0.25) is 5.95 Å². The number of ether oxygens (including phenoxy) is 1. The molecule has 5 N–H and O–H groups in total. The molecular weight excluding hydrogens is 434 g/mol. The van der Waals surface area contributed by atoms with Crippen molar-refractivity contribution < 1.29 is 24.9 Å². The Morgan fingerprint density at radius 1 is 1.33 bits per heavy atom. The van der Waals surface area contributed by atoms with E-state index in [0.717, 1.165) is 0 Å². The van der Waals surface area contributed by atoms with E-state index in [-0.39, 0.29) is 17.4 Å². The van der Waals surface area contributed by atoms with E-state index in [9.17, 15) is 20.1 Å². The fourth-order valence-corrected chi connectivity index (χ4v) is 4.45. The highest BCUT2D eigenvalue weighted by Crippen LogP contribution is 2.37. The van der Waals surface area contributed by atoms with E-state index in [1.165, 1.54) is 29.6 Å². The van der Waals surface area contributed by atoms with Gasteiger partial charge in [0.05, 0.1) is 12.9 Å². The summed E-state index contributed by atoms with van der Waals surface area (Å²) in [5, 5.41) is 30.5. The van der Waals surface area contributed by atoms with Crippen LogP contribution in [-0.2, 0) is 4.74 Å². The van der Waals surface area contributed by atoms with E-state index in [4.69, 9.17) is 22.1 Å². The summed E-state index contributed by atoms with van der Waals surface area (Å²) in [5.41, 5.74) is 6.96. The number of rotatable bonds is 5. The highest BCUT2D eigenvalue weighted by Gasteiger charge is 2.44. The maximum absolute atomic E-state index is 12.0. The minimum absolute atomic E-state index is 0.0446. The van der Waals surface area contributed by atoms with Crippen LogP contribution in [-0.4, -0.2) is 65.5 Å². The van der Waals surface area contributed by atoms with Gasteiger partial charge in [-0.2, -0.15) is 4.98 Å². The molecule has 3 aromatic rings. The summed E-state index contributed by atoms with van der Waals surface area (Å²) in [7, 11) is 0. The lowest BCUT2D eigenvalue weighted by molar-refractivity contribution is -0.0511. The maximum atomic E-state index is 12.0. The summed E-state index contributed by atoms with van der Waals surface area (Å²) >= 11 is 7.19. The fourth-order valence-electron chi connectivity index (χ4n) is 3.24. The standard InChI is InChI=1S/C18H18ClN5O5S/c1-7(26)9-4-8(19)2-3-11(9)30-16-12-15(22-18(20)23-16)24(6-21-12)17-14(28)13(27)10(5-25)29-17/h2-4,6,10,13-14,17,25,27-28H,5H2,1H3,(H2,20,22,23)/t10-,13-,14-,17-/m1/s1. The molecule has 0 radical (unpaired) electrons. The number of carbonyl (C=O) groups is 1. The van der Waals surface area contributed by atoms with Crippen molar-refractivity contribution in [1.29, 1.82) is 0 Å². The number of imidazole rings is 1. The minimum atomic E-state index is -1.30. The Labute approximate surface area is 179 Å². The summed E-state index contributed by atoms with van der Waals surface area (Å²) in [6.07, 6.45) is -3.14. The molecule has 10 nitrogen and oxygen atoms in total. The summed E-state index contributed by atoms with van der Waals surface area (Å²) in [6, 6.07) is 4.94. The van der Waals surface area contributed by atoms with Gasteiger partial charge in [0.15, 0.2) is 17.7 Å². The quantitative estimate of drug-likeness (QED) is 0.326. The zero-order valence-corrected chi connectivity index (χ0v) is 17.2. The fraction of sp³-hybridized carbons (Fsp3) is 0.333. The summed E-state index contributed by atoms with van der Waals surface area (Å²) < 4.78 is 6.98. The predicted octanol–water partition coefficient (Wildman–Crippen LogP) is 1.03. The second-order valence-electron chi connectivity index (χ2n) is 6.74. The first-order chi connectivity index (χ1) is 14.3. The number of carbonyl (C=O) groups excluding carboxylic acids is 1. The smallest absolute Gasteiger partial charge is 0.223 e. The third-order valence-corrected chi connectivity index (χ3v) is 6.01. The molecule has 3 heterocycles. The molecule has 0 unspecified atom stereocenters. The number of anilines is 1. The SMILES string of the molecule is CC(=O)c1cc(Cl)ccc1Sc1nc(N)nc2c1ncn2[C@@H]1O[C@H](CO)[C@@H](O)[C@H]1O. The lowest BCUT2D eigenvalue weighted by Gasteiger charge is -2.16. The molecule has 4 atom stereocenters. The van der Waals surface area contributed by atoms with Crippen LogP contribution < -0.4 is 5.73 Å². The molecule has 1 aliphatic rings. The molecule has 12 heteroatoms. The van der Waals surface area contributed by atoms with Crippen molar-refractivity contribution >= 4 is 46.3 Å². The van der Waals surface area contributed by atoms with Crippen molar-refractivity contribution in [2.45, 2.75) is 41.4 Å². The van der Waals surface area contributed by atoms with Gasteiger partial charge in [-0.05, 0) is 25.1 Å². The predicted molar refractivity (Wildman–Crippen MR) is 108 cm³/mol. The zero-order chi connectivity index (χ0) is 21.6. The lowest BCUT2D eigenvalue weighted by Crippen LogP contribution is -2.33. The average Bonchev–Trinajstić information content (AvgIpc) is 3.24. The van der Waals surface area contributed by atoms with Crippen LogP contribution in [0.25, 0.3) is 11.2 Å². The molecule has 2 aromatic heterocycles. The van der Waals surface area contributed by atoms with Gasteiger partial charge >= 0.3 is 0 Å². The summed E-state index contributed by atoms with van der Waals surface area (Å²) in [6.45, 7) is 0.986. The third kappa shape index (κ3) is 3.64. The Morgan fingerprint density at radius 2 is 2.10 bits per heavy atom. The highest BCUT2D eigenvalue weighted by molar-refractivity contribution is 7.99. The summed E-state index contributed by atoms with van der Waals surface area (Å²) in [5.74, 6) is -0.202. The Hall–Kier alpha value is -2.28. The Morgan fingerprint density at radius 3 is 2.77 bits per heavy atom. The molecule has 158 valence electrons. The number of ketones is 1. The van der Waals surface area contributed by atoms with E-state index in [2.05, 4.69) is 15.0 Å². The van der Waals surface area contributed by atoms with Gasteiger partial charge < -0.3 is 25.8 Å². The first kappa shape index (κ1) is 21.0. The first-order valence-corrected chi connectivity index (χ1v) is 10.1. The Bertz CT molecular complexity index is 1130. The number of hydrogen-bond acceptors (Lipinski definition) is 10. The molecule has 0 bridgehead atoms. The van der Waals surface area contributed by atoms with E-state index in [1.807, 2.05) is 0 Å². The number of hydrogen-bond donors (Lipinski definition) is 4. The largest absolute Gasteiger partial charge is 0.394 e. The Kier molecular flexibility index (Phi) is 5.66. The van der Waals surface area contributed by atoms with Crippen molar-refractivity contribution in [2.75, 3.05) is 12.3 Å². The number of fused-ring (bicyclic) bond motifs is 1. The van der Waals surface area contributed by atoms with E-state index in [0.29, 0.717) is 26.0 Å². The molecule has 0 spiro atoms. The van der Waals surface area contributed by atoms with Crippen molar-refractivity contribution in [2.24, 2.45) is 0 Å². The average molecular weight is 452 g/mol. The number of benzene rings is 1. The van der Waals surface area contributed by atoms with Gasteiger partial charge in [0, 0.05) is 15.5 Å². The molecule has 1 aromatic carbocycles. The zero-order valence-electron chi connectivity index (χ0n) is 15.6. The normalized spacial score (nSPS) is 23.9. The number of nitrogen functional groups attached to an aromatic ring is 1.